The molecule has 0 heterocycles. The van der Waals surface area contributed by atoms with Crippen molar-refractivity contribution in [3.63, 3.8) is 0 Å². The fourth-order valence-electron chi connectivity index (χ4n) is 2.88. The number of nitrogens with zero attached hydrogens (tertiary/aromatic N) is 3. The van der Waals surface area contributed by atoms with E-state index in [2.05, 4.69) is 10.2 Å². The Kier molecular flexibility index (Phi) is 4.65. The first-order valence-electron chi connectivity index (χ1n) is 7.93. The average Bonchev–Trinajstić information content (AvgIpc) is 2.62. The Morgan fingerprint density at radius 3 is 2.50 bits per heavy atom. The Hall–Kier alpha value is -3.31. The molecule has 0 fully saturated rings. The van der Waals surface area contributed by atoms with Crippen LogP contribution in [0.1, 0.15) is 13.3 Å². The van der Waals surface area contributed by atoms with E-state index in [-0.39, 0.29) is 11.4 Å². The Morgan fingerprint density at radius 2 is 1.86 bits per heavy atom. The van der Waals surface area contributed by atoms with Crippen molar-refractivity contribution < 1.29 is 28.1 Å². The molecule has 0 aliphatic heterocycles. The minimum Gasteiger partial charge on any atom is -0.508 e. The van der Waals surface area contributed by atoms with Gasteiger partial charge in [0.15, 0.2) is 0 Å². The highest BCUT2D eigenvalue weighted by Crippen LogP contribution is 2.40. The van der Waals surface area contributed by atoms with Crippen LogP contribution in [0.25, 0.3) is 10.8 Å². The van der Waals surface area contributed by atoms with Crippen LogP contribution in [0.2, 0.25) is 0 Å². The maximum atomic E-state index is 11.5. The molecule has 0 radical (unpaired) electrons. The number of rotatable bonds is 4. The third-order valence-electron chi connectivity index (χ3n) is 4.33. The molecule has 3 N–H and O–H groups in total. The van der Waals surface area contributed by atoms with Gasteiger partial charge in [-0.3, -0.25) is 14.7 Å². The van der Waals surface area contributed by atoms with E-state index < -0.39 is 43.4 Å². The van der Waals surface area contributed by atoms with Gasteiger partial charge in [0.2, 0.25) is 0 Å². The number of aromatic hydroxyl groups is 1. The monoisotopic (exact) mass is 405 g/mol. The van der Waals surface area contributed by atoms with Gasteiger partial charge in [-0.15, -0.1) is 0 Å². The molecule has 2 aromatic rings. The van der Waals surface area contributed by atoms with Crippen LogP contribution in [0.5, 0.6) is 5.75 Å². The predicted octanol–water partition coefficient (Wildman–Crippen LogP) is 3.61. The number of fused-ring (bicyclic) bond motifs is 1. The van der Waals surface area contributed by atoms with Crippen molar-refractivity contribution in [3.05, 3.63) is 68.9 Å². The highest BCUT2D eigenvalue weighted by molar-refractivity contribution is 7.90. The van der Waals surface area contributed by atoms with Crippen LogP contribution in [0.15, 0.2) is 69.1 Å². The Bertz CT molecular complexity index is 1180. The Labute approximate surface area is 159 Å². The molecule has 1 aliphatic rings. The lowest BCUT2D eigenvalue weighted by Gasteiger charge is -2.26. The van der Waals surface area contributed by atoms with Gasteiger partial charge >= 0.3 is 0 Å². The quantitative estimate of drug-likeness (QED) is 0.303. The van der Waals surface area contributed by atoms with Gasteiger partial charge in [-0.05, 0) is 18.4 Å². The smallest absolute Gasteiger partial charge is 0.298 e. The molecule has 11 heteroatoms. The molecule has 1 aliphatic carbocycles. The van der Waals surface area contributed by atoms with E-state index in [0.29, 0.717) is 11.5 Å². The standard InChI is InChI=1S/C17H15N3O7S/c1-17(9-11(20(23)24)8-14(16(17)22)28(25,26)27)19-18-15-12-5-3-2-4-10(12)6-7-13(15)21/h2-8,21-22H,9H2,1H3,(H,25,26,27). The van der Waals surface area contributed by atoms with Crippen molar-refractivity contribution in [1.29, 1.82) is 0 Å². The van der Waals surface area contributed by atoms with E-state index in [9.17, 15) is 33.3 Å². The van der Waals surface area contributed by atoms with E-state index in [0.717, 1.165) is 5.39 Å². The van der Waals surface area contributed by atoms with Gasteiger partial charge in [0.05, 0.1) is 11.3 Å². The van der Waals surface area contributed by atoms with Gasteiger partial charge in [-0.2, -0.15) is 18.6 Å². The van der Waals surface area contributed by atoms with Crippen molar-refractivity contribution in [2.75, 3.05) is 0 Å². The highest BCUT2D eigenvalue weighted by atomic mass is 32.2. The molecule has 2 aromatic carbocycles. The van der Waals surface area contributed by atoms with E-state index in [1.807, 2.05) is 0 Å². The molecule has 3 rings (SSSR count). The topological polar surface area (TPSA) is 163 Å². The van der Waals surface area contributed by atoms with Crippen molar-refractivity contribution >= 4 is 26.6 Å². The summed E-state index contributed by atoms with van der Waals surface area (Å²) in [6, 6.07) is 10.00. The largest absolute Gasteiger partial charge is 0.508 e. The molecule has 0 amide bonds. The molecule has 10 nitrogen and oxygen atoms in total. The van der Waals surface area contributed by atoms with Crippen LogP contribution in [0, 0.1) is 10.1 Å². The van der Waals surface area contributed by atoms with Crippen molar-refractivity contribution in [2.24, 2.45) is 10.2 Å². The summed E-state index contributed by atoms with van der Waals surface area (Å²) < 4.78 is 32.3. The van der Waals surface area contributed by atoms with E-state index in [1.165, 1.54) is 13.0 Å². The summed E-state index contributed by atoms with van der Waals surface area (Å²) in [5.74, 6) is -1.10. The predicted molar refractivity (Wildman–Crippen MR) is 99.4 cm³/mol. The number of phenolic OH excluding ortho intramolecular Hbond substituents is 1. The average molecular weight is 405 g/mol. The minimum atomic E-state index is -4.94. The van der Waals surface area contributed by atoms with E-state index >= 15 is 0 Å². The normalized spacial score (nSPS) is 20.6. The summed E-state index contributed by atoms with van der Waals surface area (Å²) in [4.78, 5) is 9.32. The number of hydrogen-bond acceptors (Lipinski definition) is 8. The summed E-state index contributed by atoms with van der Waals surface area (Å²) in [5.41, 5.74) is -2.36. The Balaban J connectivity index is 2.16. The molecule has 28 heavy (non-hydrogen) atoms. The summed E-state index contributed by atoms with van der Waals surface area (Å²) in [5, 5.41) is 40.8. The fourth-order valence-corrected chi connectivity index (χ4v) is 3.63. The molecule has 0 bridgehead atoms. The van der Waals surface area contributed by atoms with Crippen LogP contribution in [0.3, 0.4) is 0 Å². The molecule has 0 aromatic heterocycles. The third-order valence-corrected chi connectivity index (χ3v) is 5.20. The third kappa shape index (κ3) is 3.44. The lowest BCUT2D eigenvalue weighted by Crippen LogP contribution is -2.32. The molecule has 1 unspecified atom stereocenters. The van der Waals surface area contributed by atoms with Gasteiger partial charge in [-0.1, -0.05) is 30.3 Å². The molecule has 0 saturated heterocycles. The van der Waals surface area contributed by atoms with Gasteiger partial charge in [0.25, 0.3) is 15.8 Å². The van der Waals surface area contributed by atoms with Crippen molar-refractivity contribution in [3.8, 4) is 5.75 Å². The number of hydrogen-bond donors (Lipinski definition) is 3. The second kappa shape index (κ2) is 6.69. The van der Waals surface area contributed by atoms with Gasteiger partial charge in [-0.25, -0.2) is 0 Å². The van der Waals surface area contributed by atoms with E-state index in [4.69, 9.17) is 0 Å². The number of aliphatic hydroxyl groups excluding tert-OH is 1. The van der Waals surface area contributed by atoms with Crippen molar-refractivity contribution in [2.45, 2.75) is 18.9 Å². The SMILES string of the molecule is CC1(N=Nc2c(O)ccc3ccccc23)CC([N+](=O)[O-])=CC(S(=O)(=O)O)=C1O. The Morgan fingerprint density at radius 1 is 1.18 bits per heavy atom. The highest BCUT2D eigenvalue weighted by Gasteiger charge is 2.43. The number of benzene rings is 2. The maximum absolute atomic E-state index is 11.5. The van der Waals surface area contributed by atoms with Crippen LogP contribution >= 0.6 is 0 Å². The summed E-state index contributed by atoms with van der Waals surface area (Å²) in [6.45, 7) is 1.23. The number of allylic oxidation sites excluding steroid dienone is 1. The zero-order chi connectivity index (χ0) is 20.7. The molecular weight excluding hydrogens is 390 g/mol. The van der Waals surface area contributed by atoms with Crippen LogP contribution < -0.4 is 0 Å². The molecular formula is C17H15N3O7S. The summed E-state index contributed by atoms with van der Waals surface area (Å²) in [6.07, 6.45) is 0.108. The first kappa shape index (κ1) is 19.5. The van der Waals surface area contributed by atoms with Crippen LogP contribution in [0.4, 0.5) is 5.69 Å². The number of phenols is 1. The summed E-state index contributed by atoms with van der Waals surface area (Å²) >= 11 is 0. The number of azo groups is 1. The first-order chi connectivity index (χ1) is 13.0. The first-order valence-corrected chi connectivity index (χ1v) is 9.37. The second-order valence-electron chi connectivity index (χ2n) is 6.39. The zero-order valence-corrected chi connectivity index (χ0v) is 15.3. The number of aliphatic hydroxyl groups is 1. The molecule has 146 valence electrons. The van der Waals surface area contributed by atoms with Gasteiger partial charge in [0.1, 0.15) is 27.6 Å². The minimum absolute atomic E-state index is 0.0535. The fraction of sp³-hybridized carbons (Fsp3) is 0.176. The zero-order valence-electron chi connectivity index (χ0n) is 14.5. The lowest BCUT2D eigenvalue weighted by molar-refractivity contribution is -0.429. The number of nitro groups is 1. The molecule has 1 atom stereocenters. The molecule has 0 spiro atoms. The summed E-state index contributed by atoms with van der Waals surface area (Å²) in [7, 11) is -4.94. The van der Waals surface area contributed by atoms with E-state index in [1.54, 1.807) is 30.3 Å². The maximum Gasteiger partial charge on any atom is 0.298 e. The lowest BCUT2D eigenvalue weighted by atomic mass is 9.90. The van der Waals surface area contributed by atoms with Gasteiger partial charge < -0.3 is 10.2 Å². The molecule has 0 saturated carbocycles. The second-order valence-corrected chi connectivity index (χ2v) is 7.78. The van der Waals surface area contributed by atoms with Gasteiger partial charge in [0, 0.05) is 11.5 Å². The van der Waals surface area contributed by atoms with Crippen molar-refractivity contribution in [1.82, 2.24) is 0 Å². The van der Waals surface area contributed by atoms with Crippen LogP contribution in [-0.2, 0) is 10.1 Å². The van der Waals surface area contributed by atoms with Crippen LogP contribution in [-0.4, -0.2) is 33.6 Å².